The van der Waals surface area contributed by atoms with Gasteiger partial charge in [-0.25, -0.2) is 9.59 Å². The highest BCUT2D eigenvalue weighted by molar-refractivity contribution is 5.83. The summed E-state index contributed by atoms with van der Waals surface area (Å²) < 4.78 is 58.3. The molecule has 0 bridgehead atoms. The predicted octanol–water partition coefficient (Wildman–Crippen LogP) is 28.2. The van der Waals surface area contributed by atoms with E-state index in [-0.39, 0.29) is 61.8 Å². The second-order valence-corrected chi connectivity index (χ2v) is 48.7. The second-order valence-electron chi connectivity index (χ2n) is 48.7. The van der Waals surface area contributed by atoms with Gasteiger partial charge >= 0.3 is 23.9 Å². The number of carbonyl (C=O) groups is 4. The van der Waals surface area contributed by atoms with Crippen LogP contribution in [0, 0.1) is 106 Å². The van der Waals surface area contributed by atoms with Gasteiger partial charge < -0.3 is 67.0 Å². The molecule has 2 saturated heterocycles. The smallest absolute Gasteiger partial charge is 0.331 e. The number of esters is 4. The highest BCUT2D eigenvalue weighted by Crippen LogP contribution is 2.61. The number of fused-ring (bicyclic) bond motifs is 10. The fourth-order valence-corrected chi connectivity index (χ4v) is 27.6. The van der Waals surface area contributed by atoms with E-state index in [9.17, 15) is 19.2 Å². The van der Waals surface area contributed by atoms with Gasteiger partial charge in [0.2, 0.25) is 0 Å². The molecule has 16 unspecified atom stereocenters. The molecule has 828 valence electrons. The van der Waals surface area contributed by atoms with E-state index in [0.29, 0.717) is 117 Å². The van der Waals surface area contributed by atoms with Gasteiger partial charge in [-0.3, -0.25) is 9.59 Å². The molecule has 18 heteroatoms. The largest absolute Gasteiger partial charge is 0.466 e. The minimum absolute atomic E-state index is 0. The molecule has 0 spiro atoms. The van der Waals surface area contributed by atoms with Gasteiger partial charge in [-0.1, -0.05) is 228 Å². The molecule has 146 heavy (non-hydrogen) atoms. The van der Waals surface area contributed by atoms with E-state index in [2.05, 4.69) is 165 Å². The summed E-state index contributed by atoms with van der Waals surface area (Å²) in [6.45, 7) is 48.5. The van der Waals surface area contributed by atoms with Gasteiger partial charge in [0.15, 0.2) is 0 Å². The Morgan fingerprint density at radius 2 is 0.808 bits per heavy atom. The van der Waals surface area contributed by atoms with Crippen LogP contribution in [0.5, 0.6) is 0 Å². The van der Waals surface area contributed by atoms with Crippen molar-refractivity contribution in [1.29, 1.82) is 0 Å². The van der Waals surface area contributed by atoms with Crippen molar-refractivity contribution in [3.8, 4) is 0 Å². The molecule has 12 aliphatic rings. The molecule has 0 aromatic rings. The normalized spacial score (nSPS) is 27.6. The zero-order chi connectivity index (χ0) is 103. The quantitative estimate of drug-likeness (QED) is 0.0140. The molecule has 0 aromatic carbocycles. The van der Waals surface area contributed by atoms with Crippen molar-refractivity contribution in [3.05, 3.63) is 141 Å². The molecule has 6 saturated carbocycles. The van der Waals surface area contributed by atoms with Gasteiger partial charge in [-0.2, -0.15) is 0 Å². The van der Waals surface area contributed by atoms with Gasteiger partial charge in [0.1, 0.15) is 0 Å². The number of unbranched alkanes of at least 4 members (excludes halogenated alkanes) is 2. The zero-order valence-electron chi connectivity index (χ0n) is 93.8. The Morgan fingerprint density at radius 1 is 0.411 bits per heavy atom. The van der Waals surface area contributed by atoms with Crippen LogP contribution in [0.25, 0.3) is 0 Å². The van der Waals surface area contributed by atoms with Crippen molar-refractivity contribution in [3.63, 3.8) is 0 Å². The van der Waals surface area contributed by atoms with Gasteiger partial charge in [0, 0.05) is 64.5 Å². The molecule has 12 rings (SSSR count). The number of allylic oxidation sites excluding steroid dienone is 20. The van der Waals surface area contributed by atoms with E-state index in [4.69, 9.17) is 47.4 Å². The average molecular weight is 2030 g/mol. The lowest BCUT2D eigenvalue weighted by Crippen LogP contribution is -2.42. The monoisotopic (exact) mass is 2030 g/mol. The summed E-state index contributed by atoms with van der Waals surface area (Å²) in [7, 11) is 4.16. The van der Waals surface area contributed by atoms with E-state index in [1.165, 1.54) is 200 Å². The number of carbonyl (C=O) groups excluding carboxylic acids is 4. The van der Waals surface area contributed by atoms with Crippen LogP contribution in [0.4, 0.5) is 0 Å². The Labute approximate surface area is 891 Å². The Balaban J connectivity index is 0.000000325. The zero-order valence-corrected chi connectivity index (χ0v) is 93.8. The van der Waals surface area contributed by atoms with E-state index >= 15 is 0 Å². The molecule has 16 atom stereocenters. The van der Waals surface area contributed by atoms with Crippen molar-refractivity contribution in [1.82, 2.24) is 19.6 Å². The minimum Gasteiger partial charge on any atom is -0.466 e. The second kappa shape index (κ2) is 66.5. The maximum absolute atomic E-state index is 12.5. The number of ether oxygens (including phenoxy) is 10. The SMILES string of the molecule is C.C.CC(C)CCCCC1CCC2C1CCC1C3CCC(OCCC(=O)OCCCN(C)CCOCCOCCN(C)CCCOC(=O)CCOC4CCC5C(=CCC6C5CCC5C(CCCCC(C)C)CCC56)C4)CC3=CCC12.CC1=C(/C=C/C(C)=C/C=C/C(C)=C/C(=O)OCCC2CCN(CCOCCOCCN3CCC(CCOC(=O)/C=C(C)/C=C/C=C(C)/C=C/C4=C(C)CCCC4(C)C)C3)C2)C(C)(C)CCC1. The Bertz CT molecular complexity index is 3980. The van der Waals surface area contributed by atoms with Gasteiger partial charge in [-0.15, -0.1) is 0 Å². The lowest BCUT2D eigenvalue weighted by atomic mass is 9.56. The van der Waals surface area contributed by atoms with Crippen LogP contribution in [0.3, 0.4) is 0 Å². The Hall–Kier alpha value is -5.64. The van der Waals surface area contributed by atoms with Crippen molar-refractivity contribution in [2.24, 2.45) is 106 Å². The van der Waals surface area contributed by atoms with E-state index in [0.717, 1.165) is 224 Å². The third-order valence-electron chi connectivity index (χ3n) is 35.8. The highest BCUT2D eigenvalue weighted by Gasteiger charge is 2.52. The number of rotatable bonds is 60. The van der Waals surface area contributed by atoms with Crippen molar-refractivity contribution >= 4 is 23.9 Å². The third kappa shape index (κ3) is 43.0. The first-order chi connectivity index (χ1) is 69.5. The Kier molecular flexibility index (Phi) is 56.4. The van der Waals surface area contributed by atoms with Crippen LogP contribution in [-0.2, 0) is 66.5 Å². The number of nitrogens with zero attached hydrogens (tertiary/aromatic N) is 4. The molecule has 0 amide bonds. The van der Waals surface area contributed by atoms with E-state index in [1.54, 1.807) is 23.3 Å². The summed E-state index contributed by atoms with van der Waals surface area (Å²) in [5, 5.41) is 0. The van der Waals surface area contributed by atoms with Crippen LogP contribution in [-0.4, -0.2) is 228 Å². The Morgan fingerprint density at radius 3 is 1.21 bits per heavy atom. The van der Waals surface area contributed by atoms with Crippen LogP contribution >= 0.6 is 0 Å². The van der Waals surface area contributed by atoms with Crippen LogP contribution in [0.15, 0.2) is 141 Å². The van der Waals surface area contributed by atoms with Crippen molar-refractivity contribution in [2.45, 2.75) is 368 Å². The average Bonchev–Trinajstić information content (AvgIpc) is 1.59. The van der Waals surface area contributed by atoms with E-state index in [1.807, 2.05) is 38.2 Å². The first-order valence-electron chi connectivity index (χ1n) is 58.7. The molecule has 0 radical (unpaired) electrons. The van der Waals surface area contributed by atoms with Crippen molar-refractivity contribution < 1.29 is 66.5 Å². The summed E-state index contributed by atoms with van der Waals surface area (Å²) in [6, 6.07) is 0. The standard InChI is InChI=1S/C68H116N2O8.C58H88N2O6.2CH4/c1-49(2)13-7-9-15-51-17-23-61-57(51)29-31-63-59-27-21-55(47-53(59)19-25-65(61)63)75-41-33-67(71)77-39-11-35-69(5)37-43-73-45-46-74-44-38-70(6)36-12-40-78-68(72)34-42-76-56-22-28-60-54(48-56)20-26-66-62-24-18-52(16-10-8-14-50(3)4)58(62)30-32-64(60)66;1-45(21-23-53-49(5)19-13-29-57(53,7)8)15-11-17-47(3)41-55(61)65-35-27-51-25-31-59(43-51)33-37-63-39-40-64-38-34-60-32-26-52(44-60)28-36-66-56(62)42-48(4)18-12-16-46(2)22-24-54-50(6)20-14-30-58(54,9)10;;/h19-20,49-52,55-66H,7-18,21-48H2,1-6H3;11-12,15-18,21-24,41-42,51-52H,13-14,19-20,25-40,43-44H2,1-10H3;2*1H4/b;17-11+,18-12+,23-21+,24-22+,45-15+,46-16+,47-41+,48-42+;;. The highest BCUT2D eigenvalue weighted by atomic mass is 16.6. The number of likely N-dealkylation sites (N-methyl/N-ethyl adjacent to an activating group) is 2. The predicted molar refractivity (Wildman–Crippen MR) is 603 cm³/mol. The first kappa shape index (κ1) is 124. The lowest BCUT2D eigenvalue weighted by molar-refractivity contribution is -0.146. The molecule has 2 aliphatic heterocycles. The fraction of sp³-hybridized carbons (Fsp3) is 0.781. The number of hydrogen-bond acceptors (Lipinski definition) is 18. The maximum Gasteiger partial charge on any atom is 0.331 e. The fourth-order valence-electron chi connectivity index (χ4n) is 27.6. The van der Waals surface area contributed by atoms with Crippen LogP contribution < -0.4 is 0 Å². The van der Waals surface area contributed by atoms with E-state index < -0.39 is 0 Å². The summed E-state index contributed by atoms with van der Waals surface area (Å²) in [4.78, 5) is 59.3. The number of likely N-dealkylation sites (tertiary alicyclic amines) is 2. The first-order valence-corrected chi connectivity index (χ1v) is 58.7. The topological polar surface area (TPSA) is 174 Å². The van der Waals surface area contributed by atoms with Crippen LogP contribution in [0.2, 0.25) is 0 Å². The summed E-state index contributed by atoms with van der Waals surface area (Å²) in [5.74, 6) is 13.1. The minimum atomic E-state index is -0.275. The molecule has 10 aliphatic carbocycles. The van der Waals surface area contributed by atoms with Crippen LogP contribution in [0.1, 0.15) is 356 Å². The number of hydrogen-bond donors (Lipinski definition) is 0. The summed E-state index contributed by atoms with van der Waals surface area (Å²) in [5.41, 5.74) is 13.9. The molecule has 0 aromatic heterocycles. The van der Waals surface area contributed by atoms with Gasteiger partial charge in [0.25, 0.3) is 0 Å². The van der Waals surface area contributed by atoms with Gasteiger partial charge in [-0.05, 0) is 376 Å². The van der Waals surface area contributed by atoms with Gasteiger partial charge in [0.05, 0.1) is 118 Å². The van der Waals surface area contributed by atoms with Crippen molar-refractivity contribution in [2.75, 3.05) is 172 Å². The third-order valence-corrected chi connectivity index (χ3v) is 35.8. The molecular formula is C128H212N4O14. The molecule has 2 heterocycles. The molecule has 8 fully saturated rings. The lowest BCUT2D eigenvalue weighted by Gasteiger charge is -2.50. The maximum atomic E-state index is 12.5. The molecule has 18 nitrogen and oxygen atoms in total. The summed E-state index contributed by atoms with van der Waals surface area (Å²) in [6.07, 6.45) is 76.6. The molecular weight excluding hydrogens is 1820 g/mol. The molecule has 0 N–H and O–H groups in total. The summed E-state index contributed by atoms with van der Waals surface area (Å²) >= 11 is 0.